The van der Waals surface area contributed by atoms with E-state index in [1.165, 1.54) is 0 Å². The SMILES string of the molecule is C[S@](=O)c1ccc(NC(=O)[C@H]2CS[C@@]3(C)CCC(=O)N23)cc1. The molecule has 22 heavy (non-hydrogen) atoms. The summed E-state index contributed by atoms with van der Waals surface area (Å²) in [6, 6.07) is 6.54. The van der Waals surface area contributed by atoms with E-state index in [1.807, 2.05) is 6.92 Å². The predicted octanol–water partition coefficient (Wildman–Crippen LogP) is 1.82. The highest BCUT2D eigenvalue weighted by Gasteiger charge is 2.52. The van der Waals surface area contributed by atoms with Crippen molar-refractivity contribution in [2.75, 3.05) is 17.3 Å². The maximum absolute atomic E-state index is 12.5. The molecular formula is C15H18N2O3S2. The normalized spacial score (nSPS) is 28.5. The van der Waals surface area contributed by atoms with Crippen LogP contribution in [0.2, 0.25) is 0 Å². The number of thioether (sulfide) groups is 1. The molecule has 5 nitrogen and oxygen atoms in total. The standard InChI is InChI=1S/C15H18N2O3S2/c1-15-8-7-13(18)17(15)12(9-21-15)14(19)16-10-3-5-11(6-4-10)22(2)20/h3-6,12H,7-9H2,1-2H3,(H,16,19)/t12-,15+,22+/m1/s1. The second kappa shape index (κ2) is 5.70. The van der Waals surface area contributed by atoms with Crippen LogP contribution in [0.1, 0.15) is 19.8 Å². The number of amides is 2. The molecule has 2 fully saturated rings. The Morgan fingerprint density at radius 1 is 1.41 bits per heavy atom. The van der Waals surface area contributed by atoms with Crippen molar-refractivity contribution in [1.82, 2.24) is 4.90 Å². The number of fused-ring (bicyclic) bond motifs is 1. The topological polar surface area (TPSA) is 66.5 Å². The van der Waals surface area contributed by atoms with Crippen LogP contribution in [0.15, 0.2) is 29.2 Å². The lowest BCUT2D eigenvalue weighted by molar-refractivity contribution is -0.135. The first-order valence-electron chi connectivity index (χ1n) is 7.11. The van der Waals surface area contributed by atoms with Gasteiger partial charge in [-0.1, -0.05) is 0 Å². The van der Waals surface area contributed by atoms with Gasteiger partial charge in [-0.25, -0.2) is 0 Å². The number of rotatable bonds is 3. The van der Waals surface area contributed by atoms with Gasteiger partial charge < -0.3 is 10.2 Å². The number of benzene rings is 1. The molecule has 118 valence electrons. The molecule has 2 aliphatic rings. The lowest BCUT2D eigenvalue weighted by atomic mass is 10.2. The summed E-state index contributed by atoms with van der Waals surface area (Å²) in [5.74, 6) is 0.534. The quantitative estimate of drug-likeness (QED) is 0.913. The van der Waals surface area contributed by atoms with Crippen molar-refractivity contribution >= 4 is 40.1 Å². The minimum Gasteiger partial charge on any atom is -0.324 e. The molecule has 2 amide bonds. The van der Waals surface area contributed by atoms with Gasteiger partial charge in [-0.3, -0.25) is 13.8 Å². The molecule has 1 aromatic carbocycles. The minimum atomic E-state index is -1.03. The van der Waals surface area contributed by atoms with Crippen LogP contribution in [0.3, 0.4) is 0 Å². The van der Waals surface area contributed by atoms with Crippen molar-refractivity contribution in [3.63, 3.8) is 0 Å². The van der Waals surface area contributed by atoms with Gasteiger partial charge in [0.05, 0.1) is 4.87 Å². The zero-order chi connectivity index (χ0) is 15.9. The lowest BCUT2D eigenvalue weighted by Gasteiger charge is -2.29. The third-order valence-electron chi connectivity index (χ3n) is 4.20. The van der Waals surface area contributed by atoms with Crippen LogP contribution in [0.4, 0.5) is 5.69 Å². The Morgan fingerprint density at radius 2 is 2.09 bits per heavy atom. The third-order valence-corrected chi connectivity index (χ3v) is 6.64. The number of nitrogens with zero attached hydrogens (tertiary/aromatic N) is 1. The summed E-state index contributed by atoms with van der Waals surface area (Å²) in [4.78, 5) is 26.8. The van der Waals surface area contributed by atoms with Gasteiger partial charge in [0.1, 0.15) is 6.04 Å². The Hall–Kier alpha value is -1.34. The number of hydrogen-bond donors (Lipinski definition) is 1. The van der Waals surface area contributed by atoms with Crippen LogP contribution in [0, 0.1) is 0 Å². The molecular weight excluding hydrogens is 320 g/mol. The highest BCUT2D eigenvalue weighted by molar-refractivity contribution is 8.01. The lowest BCUT2D eigenvalue weighted by Crippen LogP contribution is -2.48. The van der Waals surface area contributed by atoms with Crippen LogP contribution >= 0.6 is 11.8 Å². The fraction of sp³-hybridized carbons (Fsp3) is 0.467. The van der Waals surface area contributed by atoms with E-state index >= 15 is 0 Å². The molecule has 2 heterocycles. The minimum absolute atomic E-state index is 0.0596. The van der Waals surface area contributed by atoms with E-state index in [1.54, 1.807) is 47.2 Å². The summed E-state index contributed by atoms with van der Waals surface area (Å²) >= 11 is 1.68. The molecule has 1 aromatic rings. The Bertz CT molecular complexity index is 647. The third kappa shape index (κ3) is 2.67. The fourth-order valence-electron chi connectivity index (χ4n) is 2.97. The van der Waals surface area contributed by atoms with Gasteiger partial charge in [-0.05, 0) is 37.6 Å². The fourth-order valence-corrected chi connectivity index (χ4v) is 4.92. The van der Waals surface area contributed by atoms with E-state index in [0.717, 1.165) is 11.3 Å². The summed E-state index contributed by atoms with van der Waals surface area (Å²) in [7, 11) is -1.03. The Kier molecular flexibility index (Phi) is 4.03. The summed E-state index contributed by atoms with van der Waals surface area (Å²) in [5.41, 5.74) is 0.657. The van der Waals surface area contributed by atoms with E-state index < -0.39 is 16.8 Å². The second-order valence-electron chi connectivity index (χ2n) is 5.73. The van der Waals surface area contributed by atoms with Crippen molar-refractivity contribution in [2.24, 2.45) is 0 Å². The summed E-state index contributed by atoms with van der Waals surface area (Å²) in [5, 5.41) is 2.86. The molecule has 0 bridgehead atoms. The molecule has 2 saturated heterocycles. The first-order chi connectivity index (χ1) is 10.4. The number of carbonyl (C=O) groups is 2. The molecule has 0 radical (unpaired) electrons. The van der Waals surface area contributed by atoms with E-state index in [2.05, 4.69) is 5.32 Å². The van der Waals surface area contributed by atoms with Gasteiger partial charge in [0, 0.05) is 39.8 Å². The molecule has 0 spiro atoms. The van der Waals surface area contributed by atoms with E-state index in [9.17, 15) is 13.8 Å². The Balaban J connectivity index is 1.72. The maximum Gasteiger partial charge on any atom is 0.248 e. The van der Waals surface area contributed by atoms with Crippen LogP contribution < -0.4 is 5.32 Å². The van der Waals surface area contributed by atoms with E-state index in [4.69, 9.17) is 0 Å². The number of carbonyl (C=O) groups excluding carboxylic acids is 2. The highest BCUT2D eigenvalue weighted by atomic mass is 32.2. The molecule has 3 rings (SSSR count). The van der Waals surface area contributed by atoms with Gasteiger partial charge in [-0.15, -0.1) is 11.8 Å². The van der Waals surface area contributed by atoms with Crippen molar-refractivity contribution in [3.8, 4) is 0 Å². The first-order valence-corrected chi connectivity index (χ1v) is 9.65. The molecule has 7 heteroatoms. The van der Waals surface area contributed by atoms with Crippen molar-refractivity contribution < 1.29 is 13.8 Å². The molecule has 0 unspecified atom stereocenters. The van der Waals surface area contributed by atoms with Gasteiger partial charge in [0.2, 0.25) is 11.8 Å². The van der Waals surface area contributed by atoms with Crippen LogP contribution in [-0.2, 0) is 20.4 Å². The smallest absolute Gasteiger partial charge is 0.248 e. The van der Waals surface area contributed by atoms with Crippen molar-refractivity contribution in [3.05, 3.63) is 24.3 Å². The van der Waals surface area contributed by atoms with Gasteiger partial charge in [0.15, 0.2) is 0 Å². The van der Waals surface area contributed by atoms with E-state index in [0.29, 0.717) is 17.9 Å². The monoisotopic (exact) mass is 338 g/mol. The first kappa shape index (κ1) is 15.6. The van der Waals surface area contributed by atoms with Crippen LogP contribution in [-0.4, -0.2) is 43.8 Å². The molecule has 1 N–H and O–H groups in total. The molecule has 2 aliphatic heterocycles. The average Bonchev–Trinajstić information content (AvgIpc) is 2.97. The molecule has 0 aliphatic carbocycles. The second-order valence-corrected chi connectivity index (χ2v) is 8.61. The van der Waals surface area contributed by atoms with Gasteiger partial charge >= 0.3 is 0 Å². The largest absolute Gasteiger partial charge is 0.324 e. The van der Waals surface area contributed by atoms with Crippen LogP contribution in [0.25, 0.3) is 0 Å². The van der Waals surface area contributed by atoms with Gasteiger partial charge in [-0.2, -0.15) is 0 Å². The number of anilines is 1. The molecule has 0 aromatic heterocycles. The van der Waals surface area contributed by atoms with E-state index in [-0.39, 0.29) is 16.7 Å². The highest BCUT2D eigenvalue weighted by Crippen LogP contribution is 2.47. The Morgan fingerprint density at radius 3 is 2.73 bits per heavy atom. The average molecular weight is 338 g/mol. The number of hydrogen-bond acceptors (Lipinski definition) is 4. The maximum atomic E-state index is 12.5. The molecule has 0 saturated carbocycles. The zero-order valence-electron chi connectivity index (χ0n) is 12.5. The summed E-state index contributed by atoms with van der Waals surface area (Å²) in [6.45, 7) is 2.03. The summed E-state index contributed by atoms with van der Waals surface area (Å²) < 4.78 is 11.4. The Labute approximate surface area is 136 Å². The van der Waals surface area contributed by atoms with Crippen molar-refractivity contribution in [1.29, 1.82) is 0 Å². The molecule has 3 atom stereocenters. The predicted molar refractivity (Wildman–Crippen MR) is 88.1 cm³/mol. The van der Waals surface area contributed by atoms with Crippen molar-refractivity contribution in [2.45, 2.75) is 35.6 Å². The number of nitrogens with one attached hydrogen (secondary N) is 1. The van der Waals surface area contributed by atoms with Crippen LogP contribution in [0.5, 0.6) is 0 Å². The zero-order valence-corrected chi connectivity index (χ0v) is 14.1. The summed E-state index contributed by atoms with van der Waals surface area (Å²) in [6.07, 6.45) is 2.94. The van der Waals surface area contributed by atoms with Gasteiger partial charge in [0.25, 0.3) is 0 Å².